The lowest BCUT2D eigenvalue weighted by atomic mass is 9.99. The van der Waals surface area contributed by atoms with E-state index >= 15 is 0 Å². The molecule has 0 radical (unpaired) electrons. The summed E-state index contributed by atoms with van der Waals surface area (Å²) in [4.78, 5) is 14.2. The number of carbonyl (C=O) groups is 1. The van der Waals surface area contributed by atoms with Crippen molar-refractivity contribution in [3.63, 3.8) is 0 Å². The fraction of sp³-hybridized carbons (Fsp3) is 0.500. The number of rotatable bonds is 2. The lowest BCUT2D eigenvalue weighted by Crippen LogP contribution is -2.38. The standard InChI is InChI=1S/C14H19NO/c1-3-11(2)14(16)15-10-6-8-12-7-4-5-9-13(12)15/h4-5,7,9,11H,3,6,8,10H2,1-2H3/t11-/m1/s1. The molecule has 1 aromatic carbocycles. The van der Waals surface area contributed by atoms with Crippen LogP contribution in [-0.2, 0) is 11.2 Å². The molecule has 0 aliphatic carbocycles. The summed E-state index contributed by atoms with van der Waals surface area (Å²) in [5.41, 5.74) is 2.43. The first-order chi connectivity index (χ1) is 7.74. The van der Waals surface area contributed by atoms with Crippen LogP contribution in [0.2, 0.25) is 0 Å². The van der Waals surface area contributed by atoms with Crippen molar-refractivity contribution in [1.29, 1.82) is 0 Å². The molecule has 0 saturated heterocycles. The smallest absolute Gasteiger partial charge is 0.229 e. The highest BCUT2D eigenvalue weighted by Gasteiger charge is 2.24. The molecule has 1 heterocycles. The molecular formula is C14H19NO. The van der Waals surface area contributed by atoms with Gasteiger partial charge in [0.1, 0.15) is 0 Å². The number of carbonyl (C=O) groups excluding carboxylic acids is 1. The summed E-state index contributed by atoms with van der Waals surface area (Å²) < 4.78 is 0. The zero-order valence-electron chi connectivity index (χ0n) is 10.1. The maximum Gasteiger partial charge on any atom is 0.229 e. The number of benzene rings is 1. The van der Waals surface area contributed by atoms with E-state index in [1.165, 1.54) is 5.56 Å². The summed E-state index contributed by atoms with van der Waals surface area (Å²) in [6.45, 7) is 4.96. The van der Waals surface area contributed by atoms with Gasteiger partial charge in [-0.1, -0.05) is 32.0 Å². The molecule has 16 heavy (non-hydrogen) atoms. The van der Waals surface area contributed by atoms with Gasteiger partial charge < -0.3 is 4.90 Å². The van der Waals surface area contributed by atoms with Crippen molar-refractivity contribution >= 4 is 11.6 Å². The fourth-order valence-electron chi connectivity index (χ4n) is 2.20. The van der Waals surface area contributed by atoms with E-state index in [9.17, 15) is 4.79 Å². The maximum absolute atomic E-state index is 12.2. The number of fused-ring (bicyclic) bond motifs is 1. The summed E-state index contributed by atoms with van der Waals surface area (Å²) in [6.07, 6.45) is 3.09. The van der Waals surface area contributed by atoms with E-state index < -0.39 is 0 Å². The van der Waals surface area contributed by atoms with E-state index in [1.807, 2.05) is 17.9 Å². The average molecular weight is 217 g/mol. The maximum atomic E-state index is 12.2. The number of amides is 1. The SMILES string of the molecule is CC[C@@H](C)C(=O)N1CCCc2ccccc21. The summed E-state index contributed by atoms with van der Waals surface area (Å²) >= 11 is 0. The number of aryl methyl sites for hydroxylation is 1. The van der Waals surface area contributed by atoms with Crippen LogP contribution < -0.4 is 4.90 Å². The lowest BCUT2D eigenvalue weighted by Gasteiger charge is -2.31. The van der Waals surface area contributed by atoms with Crippen molar-refractivity contribution in [3.05, 3.63) is 29.8 Å². The van der Waals surface area contributed by atoms with E-state index in [4.69, 9.17) is 0 Å². The van der Waals surface area contributed by atoms with E-state index in [1.54, 1.807) is 0 Å². The van der Waals surface area contributed by atoms with Crippen LogP contribution in [0, 0.1) is 5.92 Å². The third-order valence-electron chi connectivity index (χ3n) is 3.41. The summed E-state index contributed by atoms with van der Waals surface area (Å²) in [7, 11) is 0. The van der Waals surface area contributed by atoms with Crippen molar-refractivity contribution in [1.82, 2.24) is 0 Å². The van der Waals surface area contributed by atoms with Crippen LogP contribution in [0.25, 0.3) is 0 Å². The first-order valence-electron chi connectivity index (χ1n) is 6.13. The van der Waals surface area contributed by atoms with Crippen molar-refractivity contribution in [2.24, 2.45) is 5.92 Å². The molecule has 1 atom stereocenters. The van der Waals surface area contributed by atoms with Gasteiger partial charge in [-0.2, -0.15) is 0 Å². The van der Waals surface area contributed by atoms with Crippen LogP contribution in [-0.4, -0.2) is 12.5 Å². The molecule has 0 fully saturated rings. The molecule has 0 unspecified atom stereocenters. The van der Waals surface area contributed by atoms with E-state index in [-0.39, 0.29) is 11.8 Å². The Kier molecular flexibility index (Phi) is 3.28. The molecule has 0 aromatic heterocycles. The molecule has 1 aliphatic heterocycles. The molecule has 0 N–H and O–H groups in total. The number of para-hydroxylation sites is 1. The number of nitrogens with zero attached hydrogens (tertiary/aromatic N) is 1. The molecule has 1 aliphatic rings. The Bertz CT molecular complexity index is 386. The summed E-state index contributed by atoms with van der Waals surface area (Å²) in [6, 6.07) is 8.26. The summed E-state index contributed by atoms with van der Waals surface area (Å²) in [5, 5.41) is 0. The zero-order valence-corrected chi connectivity index (χ0v) is 10.1. The van der Waals surface area contributed by atoms with Gasteiger partial charge in [-0.3, -0.25) is 4.79 Å². The van der Waals surface area contributed by atoms with Gasteiger partial charge in [0.2, 0.25) is 5.91 Å². The Labute approximate surface area is 97.3 Å². The number of hydrogen-bond donors (Lipinski definition) is 0. The highest BCUT2D eigenvalue weighted by Crippen LogP contribution is 2.28. The highest BCUT2D eigenvalue weighted by molar-refractivity contribution is 5.95. The van der Waals surface area contributed by atoms with E-state index in [2.05, 4.69) is 25.1 Å². The predicted octanol–water partition coefficient (Wildman–Crippen LogP) is 3.01. The van der Waals surface area contributed by atoms with Crippen molar-refractivity contribution in [3.8, 4) is 0 Å². The molecule has 0 spiro atoms. The first kappa shape index (κ1) is 11.2. The molecule has 0 bridgehead atoms. The minimum atomic E-state index is 0.131. The highest BCUT2D eigenvalue weighted by atomic mass is 16.2. The van der Waals surface area contributed by atoms with Crippen LogP contribution in [0.15, 0.2) is 24.3 Å². The third-order valence-corrected chi connectivity index (χ3v) is 3.41. The summed E-state index contributed by atoms with van der Waals surface area (Å²) in [5.74, 6) is 0.404. The number of hydrogen-bond acceptors (Lipinski definition) is 1. The quantitative estimate of drug-likeness (QED) is 0.745. The Morgan fingerprint density at radius 3 is 2.94 bits per heavy atom. The van der Waals surface area contributed by atoms with Gasteiger partial charge in [0.15, 0.2) is 0 Å². The van der Waals surface area contributed by atoms with Crippen molar-refractivity contribution in [2.75, 3.05) is 11.4 Å². The largest absolute Gasteiger partial charge is 0.312 e. The monoisotopic (exact) mass is 217 g/mol. The van der Waals surface area contributed by atoms with Gasteiger partial charge in [0.05, 0.1) is 0 Å². The van der Waals surface area contributed by atoms with E-state index in [0.29, 0.717) is 0 Å². The second-order valence-electron chi connectivity index (χ2n) is 4.53. The van der Waals surface area contributed by atoms with Crippen LogP contribution >= 0.6 is 0 Å². The van der Waals surface area contributed by atoms with Crippen LogP contribution in [0.5, 0.6) is 0 Å². The molecule has 2 rings (SSSR count). The third kappa shape index (κ3) is 1.97. The Morgan fingerprint density at radius 1 is 1.44 bits per heavy atom. The lowest BCUT2D eigenvalue weighted by molar-refractivity contribution is -0.122. The van der Waals surface area contributed by atoms with Crippen LogP contribution in [0.1, 0.15) is 32.3 Å². The van der Waals surface area contributed by atoms with Gasteiger partial charge in [0, 0.05) is 18.2 Å². The normalized spacial score (nSPS) is 16.8. The number of anilines is 1. The van der Waals surface area contributed by atoms with Crippen molar-refractivity contribution in [2.45, 2.75) is 33.1 Å². The molecule has 2 heteroatoms. The Hall–Kier alpha value is -1.31. The fourth-order valence-corrected chi connectivity index (χ4v) is 2.20. The average Bonchev–Trinajstić information content (AvgIpc) is 2.36. The van der Waals surface area contributed by atoms with Crippen LogP contribution in [0.3, 0.4) is 0 Å². The van der Waals surface area contributed by atoms with Gasteiger partial charge >= 0.3 is 0 Å². The predicted molar refractivity (Wildman–Crippen MR) is 66.6 cm³/mol. The topological polar surface area (TPSA) is 20.3 Å². The van der Waals surface area contributed by atoms with Crippen LogP contribution in [0.4, 0.5) is 5.69 Å². The zero-order chi connectivity index (χ0) is 11.5. The molecule has 0 saturated carbocycles. The minimum absolute atomic E-state index is 0.131. The van der Waals surface area contributed by atoms with E-state index in [0.717, 1.165) is 31.5 Å². The van der Waals surface area contributed by atoms with Crippen molar-refractivity contribution < 1.29 is 4.79 Å². The second kappa shape index (κ2) is 4.69. The second-order valence-corrected chi connectivity index (χ2v) is 4.53. The molecular weight excluding hydrogens is 198 g/mol. The minimum Gasteiger partial charge on any atom is -0.312 e. The molecule has 1 aromatic rings. The molecule has 86 valence electrons. The van der Waals surface area contributed by atoms with Gasteiger partial charge in [0.25, 0.3) is 0 Å². The van der Waals surface area contributed by atoms with Gasteiger partial charge in [-0.05, 0) is 30.9 Å². The van der Waals surface area contributed by atoms with Gasteiger partial charge in [-0.25, -0.2) is 0 Å². The Balaban J connectivity index is 2.28. The molecule has 2 nitrogen and oxygen atoms in total. The Morgan fingerprint density at radius 2 is 2.19 bits per heavy atom. The van der Waals surface area contributed by atoms with Gasteiger partial charge in [-0.15, -0.1) is 0 Å². The molecule has 1 amide bonds. The first-order valence-corrected chi connectivity index (χ1v) is 6.13.